The van der Waals surface area contributed by atoms with Crippen LogP contribution in [0.5, 0.6) is 0 Å². The van der Waals surface area contributed by atoms with Gasteiger partial charge in [0, 0.05) is 6.04 Å². The smallest absolute Gasteiger partial charge is 0.185 e. The van der Waals surface area contributed by atoms with Crippen LogP contribution in [0.1, 0.15) is 19.8 Å². The number of rotatable bonds is 3. The Kier molecular flexibility index (Phi) is 2.55. The van der Waals surface area contributed by atoms with Crippen LogP contribution in [0.25, 0.3) is 0 Å². The summed E-state index contributed by atoms with van der Waals surface area (Å²) in [4.78, 5) is 0.0299. The second-order valence-corrected chi connectivity index (χ2v) is 6.61. The van der Waals surface area contributed by atoms with E-state index in [2.05, 4.69) is 0 Å². The molecular weight excluding hydrogens is 229 g/mol. The zero-order valence-electron chi connectivity index (χ0n) is 8.98. The molecule has 0 aliphatic heterocycles. The van der Waals surface area contributed by atoms with Crippen LogP contribution in [0.3, 0.4) is 0 Å². The highest BCUT2D eigenvalue weighted by molar-refractivity contribution is 7.93. The third kappa shape index (κ3) is 1.55. The van der Waals surface area contributed by atoms with Gasteiger partial charge in [0.05, 0.1) is 9.64 Å². The molecule has 0 aromatic heterocycles. The summed E-state index contributed by atoms with van der Waals surface area (Å²) in [6, 6.07) is 4.67. The van der Waals surface area contributed by atoms with Crippen LogP contribution in [0.15, 0.2) is 29.2 Å². The Morgan fingerprint density at radius 1 is 1.44 bits per heavy atom. The van der Waals surface area contributed by atoms with Gasteiger partial charge >= 0.3 is 0 Å². The Morgan fingerprint density at radius 2 is 2.06 bits per heavy atom. The minimum Gasteiger partial charge on any atom is -0.327 e. The second-order valence-electron chi connectivity index (χ2n) is 4.31. The number of nitrogens with two attached hydrogens (primary N) is 1. The van der Waals surface area contributed by atoms with Crippen molar-refractivity contribution >= 4 is 9.84 Å². The van der Waals surface area contributed by atoms with Gasteiger partial charge in [-0.1, -0.05) is 6.07 Å². The Labute approximate surface area is 94.4 Å². The summed E-state index contributed by atoms with van der Waals surface area (Å²) in [5.41, 5.74) is 5.72. The first-order valence-corrected chi connectivity index (χ1v) is 6.64. The van der Waals surface area contributed by atoms with Crippen molar-refractivity contribution in [2.24, 2.45) is 5.73 Å². The van der Waals surface area contributed by atoms with E-state index < -0.39 is 26.4 Å². The van der Waals surface area contributed by atoms with Gasteiger partial charge in [0.25, 0.3) is 0 Å². The predicted molar refractivity (Wildman–Crippen MR) is 59.2 cm³/mol. The van der Waals surface area contributed by atoms with Crippen LogP contribution < -0.4 is 5.73 Å². The van der Waals surface area contributed by atoms with Gasteiger partial charge in [-0.05, 0) is 38.0 Å². The van der Waals surface area contributed by atoms with Crippen molar-refractivity contribution in [1.29, 1.82) is 0 Å². The van der Waals surface area contributed by atoms with Gasteiger partial charge in [-0.3, -0.25) is 0 Å². The van der Waals surface area contributed by atoms with Crippen LogP contribution in [-0.2, 0) is 9.84 Å². The summed E-state index contributed by atoms with van der Waals surface area (Å²) in [5.74, 6) is -0.540. The van der Waals surface area contributed by atoms with Gasteiger partial charge in [0.15, 0.2) is 9.84 Å². The molecule has 0 bridgehead atoms. The Bertz CT molecular complexity index is 506. The van der Waals surface area contributed by atoms with E-state index in [1.54, 1.807) is 6.92 Å². The molecule has 1 aliphatic carbocycles. The summed E-state index contributed by atoms with van der Waals surface area (Å²) >= 11 is 0. The largest absolute Gasteiger partial charge is 0.327 e. The Hall–Kier alpha value is -0.940. The molecular formula is C11H14FNO2S. The van der Waals surface area contributed by atoms with E-state index in [1.807, 2.05) is 0 Å². The predicted octanol–water partition coefficient (Wildman–Crippen LogP) is 1.48. The van der Waals surface area contributed by atoms with Crippen LogP contribution in [0, 0.1) is 5.82 Å². The summed E-state index contributed by atoms with van der Waals surface area (Å²) < 4.78 is 36.7. The number of hydrogen-bond donors (Lipinski definition) is 1. The summed E-state index contributed by atoms with van der Waals surface area (Å²) in [5, 5.41) is 0. The molecule has 3 nitrogen and oxygen atoms in total. The van der Waals surface area contributed by atoms with E-state index in [0.29, 0.717) is 12.8 Å². The number of halogens is 1. The molecule has 0 amide bonds. The van der Waals surface area contributed by atoms with E-state index in [-0.39, 0.29) is 4.90 Å². The Balaban J connectivity index is 2.48. The monoisotopic (exact) mass is 243 g/mol. The molecule has 1 aromatic rings. The highest BCUT2D eigenvalue weighted by Gasteiger charge is 2.57. The third-order valence-electron chi connectivity index (χ3n) is 3.21. The van der Waals surface area contributed by atoms with Crippen LogP contribution in [-0.4, -0.2) is 19.2 Å². The first-order valence-electron chi connectivity index (χ1n) is 5.16. The fourth-order valence-corrected chi connectivity index (χ4v) is 4.08. The molecule has 5 heteroatoms. The lowest BCUT2D eigenvalue weighted by Crippen LogP contribution is -2.40. The van der Waals surface area contributed by atoms with Gasteiger partial charge < -0.3 is 5.73 Å². The number of sulfone groups is 1. The van der Waals surface area contributed by atoms with Gasteiger partial charge in [0.2, 0.25) is 0 Å². The zero-order chi connectivity index (χ0) is 12.0. The highest BCUT2D eigenvalue weighted by atomic mass is 32.2. The second kappa shape index (κ2) is 3.53. The normalized spacial score (nSPS) is 20.4. The molecule has 88 valence electrons. The minimum absolute atomic E-state index is 0.0299. The molecule has 0 heterocycles. The molecule has 0 saturated heterocycles. The molecule has 1 unspecified atom stereocenters. The molecule has 0 spiro atoms. The first-order chi connectivity index (χ1) is 7.40. The quantitative estimate of drug-likeness (QED) is 0.874. The standard InChI is InChI=1S/C11H14FNO2S/c1-8(13)11(5-6-11)16(14,15)10-4-2-3-9(12)7-10/h2-4,7-8H,5-6,13H2,1H3. The topological polar surface area (TPSA) is 60.2 Å². The van der Waals surface area contributed by atoms with Crippen LogP contribution in [0.2, 0.25) is 0 Å². The van der Waals surface area contributed by atoms with Crippen molar-refractivity contribution in [2.75, 3.05) is 0 Å². The van der Waals surface area contributed by atoms with E-state index in [1.165, 1.54) is 18.2 Å². The van der Waals surface area contributed by atoms with Crippen molar-refractivity contribution < 1.29 is 12.8 Å². The Morgan fingerprint density at radius 3 is 2.50 bits per heavy atom. The number of benzene rings is 1. The minimum atomic E-state index is -3.51. The van der Waals surface area contributed by atoms with Gasteiger partial charge in [-0.25, -0.2) is 12.8 Å². The molecule has 1 saturated carbocycles. The fraction of sp³-hybridized carbons (Fsp3) is 0.455. The molecule has 1 fully saturated rings. The molecule has 2 rings (SSSR count). The molecule has 1 aliphatic rings. The van der Waals surface area contributed by atoms with Crippen molar-refractivity contribution in [3.8, 4) is 0 Å². The van der Waals surface area contributed by atoms with E-state index in [4.69, 9.17) is 5.73 Å². The molecule has 0 radical (unpaired) electrons. The molecule has 1 atom stereocenters. The average Bonchev–Trinajstić information content (AvgIpc) is 2.98. The van der Waals surface area contributed by atoms with Crippen LogP contribution >= 0.6 is 0 Å². The van der Waals surface area contributed by atoms with Crippen molar-refractivity contribution in [3.05, 3.63) is 30.1 Å². The lowest BCUT2D eigenvalue weighted by atomic mass is 10.2. The van der Waals surface area contributed by atoms with Crippen molar-refractivity contribution in [2.45, 2.75) is 35.4 Å². The summed E-state index contributed by atoms with van der Waals surface area (Å²) in [6.07, 6.45) is 1.12. The van der Waals surface area contributed by atoms with E-state index >= 15 is 0 Å². The molecule has 2 N–H and O–H groups in total. The molecule has 16 heavy (non-hydrogen) atoms. The zero-order valence-corrected chi connectivity index (χ0v) is 9.80. The summed E-state index contributed by atoms with van der Waals surface area (Å²) in [6.45, 7) is 1.68. The van der Waals surface area contributed by atoms with Gasteiger partial charge in [0.1, 0.15) is 5.82 Å². The van der Waals surface area contributed by atoms with Gasteiger partial charge in [-0.15, -0.1) is 0 Å². The maximum atomic E-state index is 13.0. The van der Waals surface area contributed by atoms with Crippen LogP contribution in [0.4, 0.5) is 4.39 Å². The maximum Gasteiger partial charge on any atom is 0.185 e. The maximum absolute atomic E-state index is 13.0. The lowest BCUT2D eigenvalue weighted by molar-refractivity contribution is 0.552. The van der Waals surface area contributed by atoms with E-state index in [9.17, 15) is 12.8 Å². The third-order valence-corrected chi connectivity index (χ3v) is 5.94. The lowest BCUT2D eigenvalue weighted by Gasteiger charge is -2.20. The van der Waals surface area contributed by atoms with Crippen molar-refractivity contribution in [1.82, 2.24) is 0 Å². The highest BCUT2D eigenvalue weighted by Crippen LogP contribution is 2.48. The van der Waals surface area contributed by atoms with Crippen molar-refractivity contribution in [3.63, 3.8) is 0 Å². The summed E-state index contributed by atoms with van der Waals surface area (Å²) in [7, 11) is -3.51. The first kappa shape index (κ1) is 11.5. The fourth-order valence-electron chi connectivity index (χ4n) is 1.96. The number of hydrogen-bond acceptors (Lipinski definition) is 3. The van der Waals surface area contributed by atoms with Gasteiger partial charge in [-0.2, -0.15) is 0 Å². The SMILES string of the molecule is CC(N)C1(S(=O)(=O)c2cccc(F)c2)CC1. The van der Waals surface area contributed by atoms with E-state index in [0.717, 1.165) is 6.07 Å². The average molecular weight is 243 g/mol. The molecule has 1 aromatic carbocycles.